The largest absolute Gasteiger partial charge is 0.478 e. The van der Waals surface area contributed by atoms with Crippen molar-refractivity contribution in [3.8, 4) is 5.88 Å². The number of halogens is 1. The monoisotopic (exact) mass is 323 g/mol. The van der Waals surface area contributed by atoms with Gasteiger partial charge in [0.25, 0.3) is 5.91 Å². The molecule has 2 heterocycles. The summed E-state index contributed by atoms with van der Waals surface area (Å²) in [5.74, 6) is 0.384. The molecule has 0 bridgehead atoms. The average Bonchev–Trinajstić information content (AvgIpc) is 2.84. The minimum absolute atomic E-state index is 0.169. The van der Waals surface area contributed by atoms with Gasteiger partial charge >= 0.3 is 0 Å². The zero-order valence-corrected chi connectivity index (χ0v) is 12.0. The molecule has 0 aromatic carbocycles. The second kappa shape index (κ2) is 6.38. The SMILES string of the molecule is CCOc1ncccc1CNC(=O)c1cc(Br)c[nH]1. The molecule has 2 aromatic rings. The van der Waals surface area contributed by atoms with E-state index in [2.05, 4.69) is 31.2 Å². The minimum Gasteiger partial charge on any atom is -0.478 e. The normalized spacial score (nSPS) is 10.2. The van der Waals surface area contributed by atoms with Gasteiger partial charge in [-0.3, -0.25) is 4.79 Å². The van der Waals surface area contributed by atoms with Crippen LogP contribution < -0.4 is 10.1 Å². The van der Waals surface area contributed by atoms with Crippen molar-refractivity contribution in [2.45, 2.75) is 13.5 Å². The van der Waals surface area contributed by atoms with Crippen LogP contribution in [0, 0.1) is 0 Å². The first-order valence-electron chi connectivity index (χ1n) is 5.89. The molecule has 0 aliphatic carbocycles. The van der Waals surface area contributed by atoms with Crippen LogP contribution in [0.3, 0.4) is 0 Å². The van der Waals surface area contributed by atoms with Gasteiger partial charge < -0.3 is 15.0 Å². The van der Waals surface area contributed by atoms with E-state index < -0.39 is 0 Å². The summed E-state index contributed by atoms with van der Waals surface area (Å²) in [6.07, 6.45) is 3.38. The van der Waals surface area contributed by atoms with Gasteiger partial charge in [-0.1, -0.05) is 6.07 Å². The molecule has 0 unspecified atom stereocenters. The van der Waals surface area contributed by atoms with Crippen LogP contribution in [0.15, 0.2) is 35.1 Å². The van der Waals surface area contributed by atoms with E-state index in [0.717, 1.165) is 10.0 Å². The molecule has 1 amide bonds. The van der Waals surface area contributed by atoms with Crippen molar-refractivity contribution in [3.05, 3.63) is 46.3 Å². The number of carbonyl (C=O) groups is 1. The molecule has 2 aromatic heterocycles. The van der Waals surface area contributed by atoms with Gasteiger partial charge in [0.05, 0.1) is 6.61 Å². The standard InChI is InChI=1S/C13H14BrN3O2/c1-2-19-13-9(4-3-5-15-13)7-17-12(18)11-6-10(14)8-16-11/h3-6,8,16H,2,7H2,1H3,(H,17,18). The maximum absolute atomic E-state index is 11.9. The molecule has 2 N–H and O–H groups in total. The van der Waals surface area contributed by atoms with Crippen LogP contribution in [0.4, 0.5) is 0 Å². The number of nitrogens with zero attached hydrogens (tertiary/aromatic N) is 1. The highest BCUT2D eigenvalue weighted by atomic mass is 79.9. The van der Waals surface area contributed by atoms with E-state index in [1.54, 1.807) is 18.5 Å². The van der Waals surface area contributed by atoms with E-state index in [9.17, 15) is 4.79 Å². The summed E-state index contributed by atoms with van der Waals surface area (Å²) in [6, 6.07) is 5.42. The van der Waals surface area contributed by atoms with E-state index >= 15 is 0 Å². The summed E-state index contributed by atoms with van der Waals surface area (Å²) >= 11 is 3.29. The van der Waals surface area contributed by atoms with Crippen molar-refractivity contribution in [2.24, 2.45) is 0 Å². The Kier molecular flexibility index (Phi) is 4.57. The average molecular weight is 324 g/mol. The molecule has 0 aliphatic rings. The van der Waals surface area contributed by atoms with Gasteiger partial charge in [0.15, 0.2) is 0 Å². The molecule has 2 rings (SSSR count). The summed E-state index contributed by atoms with van der Waals surface area (Å²) in [4.78, 5) is 18.9. The summed E-state index contributed by atoms with van der Waals surface area (Å²) in [5.41, 5.74) is 1.36. The fraction of sp³-hybridized carbons (Fsp3) is 0.231. The summed E-state index contributed by atoms with van der Waals surface area (Å²) in [5, 5.41) is 2.82. The van der Waals surface area contributed by atoms with Crippen LogP contribution in [-0.2, 0) is 6.54 Å². The maximum Gasteiger partial charge on any atom is 0.268 e. The Bertz CT molecular complexity index is 569. The molecule has 6 heteroatoms. The Morgan fingerprint density at radius 2 is 2.42 bits per heavy atom. The number of hydrogen-bond donors (Lipinski definition) is 2. The second-order valence-corrected chi connectivity index (χ2v) is 4.73. The number of ether oxygens (including phenoxy) is 1. The highest BCUT2D eigenvalue weighted by Crippen LogP contribution is 2.14. The molecular formula is C13H14BrN3O2. The van der Waals surface area contributed by atoms with Gasteiger partial charge in [-0.15, -0.1) is 0 Å². The van der Waals surface area contributed by atoms with Crippen LogP contribution in [-0.4, -0.2) is 22.5 Å². The van der Waals surface area contributed by atoms with Crippen molar-refractivity contribution in [2.75, 3.05) is 6.61 Å². The molecule has 0 fully saturated rings. The van der Waals surface area contributed by atoms with Crippen molar-refractivity contribution >= 4 is 21.8 Å². The van der Waals surface area contributed by atoms with Crippen LogP contribution in [0.5, 0.6) is 5.88 Å². The highest BCUT2D eigenvalue weighted by Gasteiger charge is 2.09. The smallest absolute Gasteiger partial charge is 0.268 e. The molecule has 0 saturated carbocycles. The lowest BCUT2D eigenvalue weighted by Gasteiger charge is -2.09. The maximum atomic E-state index is 11.9. The summed E-state index contributed by atoms with van der Waals surface area (Å²) in [7, 11) is 0. The van der Waals surface area contributed by atoms with E-state index in [0.29, 0.717) is 24.7 Å². The quantitative estimate of drug-likeness (QED) is 0.888. The molecule has 0 spiro atoms. The van der Waals surface area contributed by atoms with Gasteiger partial charge in [-0.2, -0.15) is 0 Å². The third kappa shape index (κ3) is 3.57. The number of H-pyrrole nitrogens is 1. The minimum atomic E-state index is -0.169. The Morgan fingerprint density at radius 1 is 1.58 bits per heavy atom. The van der Waals surface area contributed by atoms with Crippen molar-refractivity contribution in [3.63, 3.8) is 0 Å². The number of aromatic amines is 1. The topological polar surface area (TPSA) is 67.0 Å². The number of nitrogens with one attached hydrogen (secondary N) is 2. The zero-order valence-electron chi connectivity index (χ0n) is 10.4. The van der Waals surface area contributed by atoms with Crippen molar-refractivity contribution in [1.29, 1.82) is 0 Å². The Labute approximate surface area is 119 Å². The van der Waals surface area contributed by atoms with Gasteiger partial charge in [0.1, 0.15) is 5.69 Å². The fourth-order valence-corrected chi connectivity index (χ4v) is 1.94. The summed E-state index contributed by atoms with van der Waals surface area (Å²) < 4.78 is 6.24. The predicted octanol–water partition coefficient (Wildman–Crippen LogP) is 2.50. The molecule has 19 heavy (non-hydrogen) atoms. The highest BCUT2D eigenvalue weighted by molar-refractivity contribution is 9.10. The van der Waals surface area contributed by atoms with Crippen molar-refractivity contribution in [1.82, 2.24) is 15.3 Å². The molecule has 5 nitrogen and oxygen atoms in total. The zero-order chi connectivity index (χ0) is 13.7. The van der Waals surface area contributed by atoms with Gasteiger partial charge in [-0.05, 0) is 35.0 Å². The molecular weight excluding hydrogens is 310 g/mol. The molecule has 0 atom stereocenters. The summed E-state index contributed by atoms with van der Waals surface area (Å²) in [6.45, 7) is 2.81. The number of hydrogen-bond acceptors (Lipinski definition) is 3. The number of rotatable bonds is 5. The molecule has 0 radical (unpaired) electrons. The van der Waals surface area contributed by atoms with Crippen LogP contribution >= 0.6 is 15.9 Å². The first-order valence-corrected chi connectivity index (χ1v) is 6.68. The number of aromatic nitrogens is 2. The van der Waals surface area contributed by atoms with E-state index in [-0.39, 0.29) is 5.91 Å². The number of pyridine rings is 1. The molecule has 0 saturated heterocycles. The van der Waals surface area contributed by atoms with E-state index in [4.69, 9.17) is 4.74 Å². The van der Waals surface area contributed by atoms with Gasteiger partial charge in [-0.25, -0.2) is 4.98 Å². The first-order chi connectivity index (χ1) is 9.20. The lowest BCUT2D eigenvalue weighted by atomic mass is 10.2. The Hall–Kier alpha value is -1.82. The van der Waals surface area contributed by atoms with Crippen molar-refractivity contribution < 1.29 is 9.53 Å². The van der Waals surface area contributed by atoms with Crippen LogP contribution in [0.1, 0.15) is 23.0 Å². The number of amides is 1. The third-order valence-corrected chi connectivity index (χ3v) is 2.92. The number of carbonyl (C=O) groups excluding carboxylic acids is 1. The van der Waals surface area contributed by atoms with Crippen LogP contribution in [0.25, 0.3) is 0 Å². The molecule has 100 valence electrons. The van der Waals surface area contributed by atoms with Gasteiger partial charge in [0, 0.05) is 29.0 Å². The lowest BCUT2D eigenvalue weighted by Crippen LogP contribution is -2.23. The Balaban J connectivity index is 2.00. The first kappa shape index (κ1) is 13.6. The Morgan fingerprint density at radius 3 is 3.11 bits per heavy atom. The third-order valence-electron chi connectivity index (χ3n) is 2.46. The predicted molar refractivity (Wildman–Crippen MR) is 75.1 cm³/mol. The molecule has 0 aliphatic heterocycles. The van der Waals surface area contributed by atoms with E-state index in [1.165, 1.54) is 0 Å². The fourth-order valence-electron chi connectivity index (χ4n) is 1.60. The lowest BCUT2D eigenvalue weighted by molar-refractivity contribution is 0.0946. The van der Waals surface area contributed by atoms with E-state index in [1.807, 2.05) is 19.1 Å². The van der Waals surface area contributed by atoms with Gasteiger partial charge in [0.2, 0.25) is 5.88 Å². The van der Waals surface area contributed by atoms with Crippen LogP contribution in [0.2, 0.25) is 0 Å². The second-order valence-electron chi connectivity index (χ2n) is 3.81.